The number of fused-ring (bicyclic) bond motifs is 2. The standard InChI is InChI=1S/C25H28N4O3/c26-14-17-4-6-23-22(11-17)18(15-28-23)3-1-2-9-27-10-8-25(31)29-20-5-7-24-19(12-20)13-21(16-30)32-24/h4-7,11-13,18,27-28,30H,1-3,8-10,15-16H2,(H,29,31). The molecule has 1 aliphatic rings. The molecular formula is C25H28N4O3. The van der Waals surface area contributed by atoms with Gasteiger partial charge in [0.15, 0.2) is 0 Å². The highest BCUT2D eigenvalue weighted by atomic mass is 16.4. The molecule has 1 aliphatic heterocycles. The summed E-state index contributed by atoms with van der Waals surface area (Å²) in [7, 11) is 0. The second-order valence-electron chi connectivity index (χ2n) is 8.16. The molecule has 0 spiro atoms. The Morgan fingerprint density at radius 1 is 1.19 bits per heavy atom. The summed E-state index contributed by atoms with van der Waals surface area (Å²) in [4.78, 5) is 12.2. The third-order valence-electron chi connectivity index (χ3n) is 5.85. The number of nitriles is 1. The van der Waals surface area contributed by atoms with Gasteiger partial charge in [0.05, 0.1) is 11.6 Å². The molecule has 4 N–H and O–H groups in total. The molecule has 166 valence electrons. The zero-order valence-electron chi connectivity index (χ0n) is 18.0. The smallest absolute Gasteiger partial charge is 0.225 e. The van der Waals surface area contributed by atoms with E-state index in [0.29, 0.717) is 30.2 Å². The third kappa shape index (κ3) is 5.28. The lowest BCUT2D eigenvalue weighted by Crippen LogP contribution is -2.22. The molecule has 7 heteroatoms. The molecule has 0 saturated carbocycles. The van der Waals surface area contributed by atoms with Crippen LogP contribution in [-0.4, -0.2) is 30.6 Å². The van der Waals surface area contributed by atoms with Crippen molar-refractivity contribution in [2.75, 3.05) is 30.3 Å². The molecular weight excluding hydrogens is 404 g/mol. The first-order valence-electron chi connectivity index (χ1n) is 11.1. The Morgan fingerprint density at radius 2 is 2.09 bits per heavy atom. The lowest BCUT2D eigenvalue weighted by Gasteiger charge is -2.11. The Labute approximate surface area is 187 Å². The summed E-state index contributed by atoms with van der Waals surface area (Å²) in [6.07, 6.45) is 3.64. The Kier molecular flexibility index (Phi) is 7.05. The van der Waals surface area contributed by atoms with Gasteiger partial charge in [-0.05, 0) is 67.4 Å². The topological polar surface area (TPSA) is 110 Å². The molecule has 1 atom stereocenters. The van der Waals surface area contributed by atoms with Crippen LogP contribution in [0.15, 0.2) is 46.9 Å². The maximum absolute atomic E-state index is 12.2. The molecule has 0 fully saturated rings. The van der Waals surface area contributed by atoms with Crippen molar-refractivity contribution < 1.29 is 14.3 Å². The molecule has 2 heterocycles. The van der Waals surface area contributed by atoms with Gasteiger partial charge in [0.2, 0.25) is 5.91 Å². The molecule has 0 saturated heterocycles. The van der Waals surface area contributed by atoms with Gasteiger partial charge < -0.3 is 25.5 Å². The van der Waals surface area contributed by atoms with Crippen LogP contribution in [-0.2, 0) is 11.4 Å². The van der Waals surface area contributed by atoms with E-state index in [1.54, 1.807) is 18.2 Å². The maximum Gasteiger partial charge on any atom is 0.225 e. The average molecular weight is 433 g/mol. The zero-order chi connectivity index (χ0) is 22.3. The van der Waals surface area contributed by atoms with Gasteiger partial charge in [-0.2, -0.15) is 5.26 Å². The number of aliphatic hydroxyl groups excluding tert-OH is 1. The summed E-state index contributed by atoms with van der Waals surface area (Å²) in [5, 5.41) is 28.8. The van der Waals surface area contributed by atoms with Gasteiger partial charge in [0, 0.05) is 42.2 Å². The van der Waals surface area contributed by atoms with Crippen LogP contribution in [0.1, 0.15) is 48.5 Å². The number of anilines is 2. The summed E-state index contributed by atoms with van der Waals surface area (Å²) < 4.78 is 5.46. The number of amides is 1. The van der Waals surface area contributed by atoms with Gasteiger partial charge in [0.1, 0.15) is 18.0 Å². The Hall–Kier alpha value is -3.34. The fourth-order valence-corrected chi connectivity index (χ4v) is 4.18. The van der Waals surface area contributed by atoms with Crippen molar-refractivity contribution >= 4 is 28.3 Å². The van der Waals surface area contributed by atoms with Crippen LogP contribution in [0.25, 0.3) is 11.0 Å². The second-order valence-corrected chi connectivity index (χ2v) is 8.16. The second kappa shape index (κ2) is 10.3. The number of nitrogens with zero attached hydrogens (tertiary/aromatic N) is 1. The van der Waals surface area contributed by atoms with E-state index in [1.807, 2.05) is 24.3 Å². The number of aliphatic hydroxyl groups is 1. The minimum absolute atomic E-state index is 0.0374. The molecule has 0 aliphatic carbocycles. The largest absolute Gasteiger partial charge is 0.459 e. The third-order valence-corrected chi connectivity index (χ3v) is 5.85. The van der Waals surface area contributed by atoms with Crippen molar-refractivity contribution in [1.29, 1.82) is 5.26 Å². The fourth-order valence-electron chi connectivity index (χ4n) is 4.18. The number of nitrogens with one attached hydrogen (secondary N) is 3. The van der Waals surface area contributed by atoms with E-state index in [4.69, 9.17) is 14.8 Å². The summed E-state index contributed by atoms with van der Waals surface area (Å²) in [6, 6.07) is 15.3. The van der Waals surface area contributed by atoms with Crippen LogP contribution in [0.4, 0.5) is 11.4 Å². The monoisotopic (exact) mass is 432 g/mol. The number of hydrogen-bond donors (Lipinski definition) is 4. The van der Waals surface area contributed by atoms with E-state index in [0.717, 1.165) is 54.7 Å². The van der Waals surface area contributed by atoms with Crippen molar-refractivity contribution in [2.24, 2.45) is 0 Å². The van der Waals surface area contributed by atoms with Crippen LogP contribution >= 0.6 is 0 Å². The molecule has 2 aromatic carbocycles. The average Bonchev–Trinajstić information content (AvgIpc) is 3.41. The maximum atomic E-state index is 12.2. The molecule has 4 rings (SSSR count). The van der Waals surface area contributed by atoms with Crippen molar-refractivity contribution in [3.05, 3.63) is 59.4 Å². The van der Waals surface area contributed by atoms with Crippen LogP contribution in [0.5, 0.6) is 0 Å². The number of hydrogen-bond acceptors (Lipinski definition) is 6. The molecule has 7 nitrogen and oxygen atoms in total. The SMILES string of the molecule is N#Cc1ccc2c(c1)C(CCCCNCCC(=O)Nc1ccc3oc(CO)cc3c1)CN2. The van der Waals surface area contributed by atoms with Gasteiger partial charge in [-0.1, -0.05) is 6.42 Å². The zero-order valence-corrected chi connectivity index (χ0v) is 18.0. The Bertz CT molecular complexity index is 1130. The van der Waals surface area contributed by atoms with Gasteiger partial charge in [-0.15, -0.1) is 0 Å². The lowest BCUT2D eigenvalue weighted by atomic mass is 9.94. The minimum atomic E-state index is -0.144. The predicted octanol–water partition coefficient (Wildman–Crippen LogP) is 4.09. The lowest BCUT2D eigenvalue weighted by molar-refractivity contribution is -0.116. The first kappa shape index (κ1) is 21.9. The number of furan rings is 1. The van der Waals surface area contributed by atoms with Gasteiger partial charge in [-0.25, -0.2) is 0 Å². The minimum Gasteiger partial charge on any atom is -0.459 e. The van der Waals surface area contributed by atoms with Gasteiger partial charge in [0.25, 0.3) is 0 Å². The first-order chi connectivity index (χ1) is 15.7. The van der Waals surface area contributed by atoms with Crippen molar-refractivity contribution in [3.63, 3.8) is 0 Å². The molecule has 3 aromatic rings. The quantitative estimate of drug-likeness (QED) is 0.359. The molecule has 32 heavy (non-hydrogen) atoms. The number of carbonyl (C=O) groups excluding carboxylic acids is 1. The number of carbonyl (C=O) groups is 1. The van der Waals surface area contributed by atoms with E-state index in [9.17, 15) is 4.79 Å². The van der Waals surface area contributed by atoms with E-state index < -0.39 is 0 Å². The number of unbranched alkanes of at least 4 members (excludes halogenated alkanes) is 1. The summed E-state index contributed by atoms with van der Waals surface area (Å²) in [5.74, 6) is 0.933. The fraction of sp³-hybridized carbons (Fsp3) is 0.360. The van der Waals surface area contributed by atoms with Gasteiger partial charge in [-0.3, -0.25) is 4.79 Å². The highest BCUT2D eigenvalue weighted by Gasteiger charge is 2.21. The van der Waals surface area contributed by atoms with Crippen molar-refractivity contribution in [3.8, 4) is 6.07 Å². The normalized spacial score (nSPS) is 14.7. The summed E-state index contributed by atoms with van der Waals surface area (Å²) >= 11 is 0. The highest BCUT2D eigenvalue weighted by Crippen LogP contribution is 2.35. The predicted molar refractivity (Wildman–Crippen MR) is 124 cm³/mol. The van der Waals surface area contributed by atoms with Crippen molar-refractivity contribution in [1.82, 2.24) is 5.32 Å². The van der Waals surface area contributed by atoms with E-state index in [1.165, 1.54) is 5.56 Å². The number of benzene rings is 2. The Morgan fingerprint density at radius 3 is 2.94 bits per heavy atom. The first-order valence-corrected chi connectivity index (χ1v) is 11.1. The van der Waals surface area contributed by atoms with Crippen molar-refractivity contribution in [2.45, 2.75) is 38.2 Å². The van der Waals surface area contributed by atoms with E-state index >= 15 is 0 Å². The van der Waals surface area contributed by atoms with E-state index in [-0.39, 0.29) is 12.5 Å². The summed E-state index contributed by atoms with van der Waals surface area (Å²) in [5.41, 5.74) is 4.54. The number of rotatable bonds is 10. The molecule has 0 bridgehead atoms. The molecule has 1 unspecified atom stereocenters. The van der Waals surface area contributed by atoms with Crippen LogP contribution in [0.3, 0.4) is 0 Å². The molecule has 0 radical (unpaired) electrons. The Balaban J connectivity index is 1.12. The van der Waals surface area contributed by atoms with Crippen LogP contribution < -0.4 is 16.0 Å². The van der Waals surface area contributed by atoms with Crippen LogP contribution in [0.2, 0.25) is 0 Å². The molecule has 1 aromatic heterocycles. The highest BCUT2D eigenvalue weighted by molar-refractivity contribution is 5.93. The summed E-state index contributed by atoms with van der Waals surface area (Å²) in [6.45, 7) is 2.30. The van der Waals surface area contributed by atoms with E-state index in [2.05, 4.69) is 22.0 Å². The van der Waals surface area contributed by atoms with Crippen LogP contribution in [0, 0.1) is 11.3 Å². The van der Waals surface area contributed by atoms with Gasteiger partial charge >= 0.3 is 0 Å². The molecule has 1 amide bonds.